The van der Waals surface area contributed by atoms with E-state index in [1.807, 2.05) is 115 Å². The van der Waals surface area contributed by atoms with Crippen molar-refractivity contribution in [1.29, 1.82) is 0 Å². The normalized spacial score (nSPS) is 17.5. The number of para-hydroxylation sites is 2. The molecule has 2 aliphatic rings. The van der Waals surface area contributed by atoms with Crippen molar-refractivity contribution in [3.63, 3.8) is 0 Å². The number of imide groups is 1. The standard InChI is InChI=1S/C39H31N3O4/c43-35(26-41-37(44)30-20-10-11-21-31(30)38(41)45)42-34-23-13-12-22-33(34)40(25-28-16-6-2-7-17-28)39(46)32(24-27-14-4-1-5-15-27)36(42)29-18-8-3-9-19-29/h1-23,32,36H,24-26H2. The van der Waals surface area contributed by atoms with E-state index in [4.69, 9.17) is 0 Å². The van der Waals surface area contributed by atoms with E-state index < -0.39 is 36.2 Å². The molecule has 0 bridgehead atoms. The first-order valence-corrected chi connectivity index (χ1v) is 15.3. The van der Waals surface area contributed by atoms with E-state index in [9.17, 15) is 19.2 Å². The molecule has 5 aromatic rings. The Morgan fingerprint density at radius 1 is 0.543 bits per heavy atom. The summed E-state index contributed by atoms with van der Waals surface area (Å²) in [4.78, 5) is 60.8. The third kappa shape index (κ3) is 5.26. The monoisotopic (exact) mass is 605 g/mol. The van der Waals surface area contributed by atoms with Crippen molar-refractivity contribution in [3.8, 4) is 0 Å². The molecule has 0 saturated carbocycles. The van der Waals surface area contributed by atoms with E-state index in [0.717, 1.165) is 21.6 Å². The first kappa shape index (κ1) is 28.9. The molecule has 226 valence electrons. The number of anilines is 2. The van der Waals surface area contributed by atoms with Gasteiger partial charge in [-0.05, 0) is 47.4 Å². The summed E-state index contributed by atoms with van der Waals surface area (Å²) in [6.07, 6.45) is 0.370. The van der Waals surface area contributed by atoms with Crippen LogP contribution in [-0.2, 0) is 22.6 Å². The van der Waals surface area contributed by atoms with Gasteiger partial charge in [-0.2, -0.15) is 0 Å². The lowest BCUT2D eigenvalue weighted by Crippen LogP contribution is -2.47. The molecular formula is C39H31N3O4. The first-order valence-electron chi connectivity index (χ1n) is 15.3. The molecular weight excluding hydrogens is 574 g/mol. The number of nitrogens with zero attached hydrogens (tertiary/aromatic N) is 3. The average Bonchev–Trinajstić information content (AvgIpc) is 3.28. The molecule has 4 amide bonds. The summed E-state index contributed by atoms with van der Waals surface area (Å²) in [6, 6.07) is 42.4. The predicted octanol–water partition coefficient (Wildman–Crippen LogP) is 6.46. The number of amides is 4. The Kier molecular flexibility index (Phi) is 7.72. The van der Waals surface area contributed by atoms with Crippen LogP contribution < -0.4 is 9.80 Å². The van der Waals surface area contributed by atoms with E-state index in [0.29, 0.717) is 24.3 Å². The summed E-state index contributed by atoms with van der Waals surface area (Å²) in [7, 11) is 0. The van der Waals surface area contributed by atoms with Gasteiger partial charge in [0.1, 0.15) is 6.54 Å². The minimum atomic E-state index is -0.724. The minimum absolute atomic E-state index is 0.120. The SMILES string of the molecule is O=C1c2ccccc2C(=O)N1CC(=O)N1c2ccccc2N(Cc2ccccc2)C(=O)C(Cc2ccccc2)C1c1ccccc1. The zero-order valence-electron chi connectivity index (χ0n) is 25.0. The van der Waals surface area contributed by atoms with Crippen LogP contribution in [0.15, 0.2) is 140 Å². The van der Waals surface area contributed by atoms with Crippen molar-refractivity contribution in [3.05, 3.63) is 167 Å². The average molecular weight is 606 g/mol. The summed E-state index contributed by atoms with van der Waals surface area (Å²) in [5, 5.41) is 0. The second-order valence-corrected chi connectivity index (χ2v) is 11.6. The largest absolute Gasteiger partial charge is 0.306 e. The summed E-state index contributed by atoms with van der Waals surface area (Å²) in [5.74, 6) is -2.27. The number of hydrogen-bond acceptors (Lipinski definition) is 4. The lowest BCUT2D eigenvalue weighted by molar-refractivity contribution is -0.124. The molecule has 0 aliphatic carbocycles. The van der Waals surface area contributed by atoms with Crippen LogP contribution in [0.3, 0.4) is 0 Å². The molecule has 0 saturated heterocycles. The summed E-state index contributed by atoms with van der Waals surface area (Å²) in [5.41, 5.74) is 4.38. The zero-order chi connectivity index (χ0) is 31.6. The summed E-state index contributed by atoms with van der Waals surface area (Å²) < 4.78 is 0. The highest BCUT2D eigenvalue weighted by atomic mass is 16.2. The quantitative estimate of drug-likeness (QED) is 0.200. The highest BCUT2D eigenvalue weighted by Crippen LogP contribution is 2.45. The van der Waals surface area contributed by atoms with Crippen molar-refractivity contribution in [2.45, 2.75) is 19.0 Å². The van der Waals surface area contributed by atoms with Crippen LogP contribution >= 0.6 is 0 Å². The fraction of sp³-hybridized carbons (Fsp3) is 0.128. The minimum Gasteiger partial charge on any atom is -0.306 e. The maximum atomic E-state index is 14.9. The van der Waals surface area contributed by atoms with Crippen molar-refractivity contribution < 1.29 is 19.2 Å². The van der Waals surface area contributed by atoms with Crippen LogP contribution in [0.25, 0.3) is 0 Å². The lowest BCUT2D eigenvalue weighted by atomic mass is 9.85. The molecule has 0 N–H and O–H groups in total. The van der Waals surface area contributed by atoms with Gasteiger partial charge in [-0.15, -0.1) is 0 Å². The van der Waals surface area contributed by atoms with Crippen molar-refractivity contribution in [2.24, 2.45) is 5.92 Å². The van der Waals surface area contributed by atoms with E-state index in [-0.39, 0.29) is 17.0 Å². The molecule has 2 unspecified atom stereocenters. The third-order valence-corrected chi connectivity index (χ3v) is 8.74. The predicted molar refractivity (Wildman–Crippen MR) is 176 cm³/mol. The van der Waals surface area contributed by atoms with Crippen LogP contribution in [0.2, 0.25) is 0 Å². The van der Waals surface area contributed by atoms with Crippen LogP contribution in [0.5, 0.6) is 0 Å². The number of rotatable bonds is 7. The third-order valence-electron chi connectivity index (χ3n) is 8.74. The maximum absolute atomic E-state index is 14.9. The number of carbonyl (C=O) groups excluding carboxylic acids is 4. The van der Waals surface area contributed by atoms with Crippen LogP contribution in [0.4, 0.5) is 11.4 Å². The molecule has 0 aromatic heterocycles. The van der Waals surface area contributed by atoms with Gasteiger partial charge in [-0.1, -0.05) is 115 Å². The van der Waals surface area contributed by atoms with Gasteiger partial charge >= 0.3 is 0 Å². The highest BCUT2D eigenvalue weighted by Gasteiger charge is 2.45. The molecule has 0 radical (unpaired) electrons. The van der Waals surface area contributed by atoms with Crippen LogP contribution in [-0.4, -0.2) is 35.1 Å². The molecule has 7 nitrogen and oxygen atoms in total. The van der Waals surface area contributed by atoms with Crippen LogP contribution in [0, 0.1) is 5.92 Å². The van der Waals surface area contributed by atoms with E-state index in [1.165, 1.54) is 0 Å². The highest BCUT2D eigenvalue weighted by molar-refractivity contribution is 6.23. The van der Waals surface area contributed by atoms with Gasteiger partial charge in [-0.25, -0.2) is 0 Å². The van der Waals surface area contributed by atoms with E-state index in [2.05, 4.69) is 0 Å². The molecule has 7 heteroatoms. The molecule has 2 atom stereocenters. The van der Waals surface area contributed by atoms with Gasteiger partial charge in [0, 0.05) is 0 Å². The van der Waals surface area contributed by atoms with Crippen molar-refractivity contribution in [2.75, 3.05) is 16.3 Å². The fourth-order valence-corrected chi connectivity index (χ4v) is 6.59. The van der Waals surface area contributed by atoms with E-state index in [1.54, 1.807) is 34.1 Å². The van der Waals surface area contributed by atoms with Gasteiger partial charge in [0.05, 0.1) is 41.0 Å². The zero-order valence-corrected chi connectivity index (χ0v) is 25.0. The van der Waals surface area contributed by atoms with Crippen molar-refractivity contribution in [1.82, 2.24) is 4.90 Å². The Hall–Kier alpha value is -5.82. The summed E-state index contributed by atoms with van der Waals surface area (Å²) in [6.45, 7) is -0.154. The molecule has 5 aromatic carbocycles. The van der Waals surface area contributed by atoms with Gasteiger partial charge in [-0.3, -0.25) is 24.1 Å². The number of benzene rings is 5. The van der Waals surface area contributed by atoms with E-state index >= 15 is 0 Å². The topological polar surface area (TPSA) is 78.0 Å². The Labute approximate surface area is 267 Å². The first-order chi connectivity index (χ1) is 22.5. The molecule has 46 heavy (non-hydrogen) atoms. The Morgan fingerprint density at radius 2 is 1.04 bits per heavy atom. The second kappa shape index (κ2) is 12.3. The second-order valence-electron chi connectivity index (χ2n) is 11.6. The Morgan fingerprint density at radius 3 is 1.65 bits per heavy atom. The molecule has 0 spiro atoms. The maximum Gasteiger partial charge on any atom is 0.262 e. The molecule has 2 aliphatic heterocycles. The van der Waals surface area contributed by atoms with Gasteiger partial charge < -0.3 is 9.80 Å². The van der Waals surface area contributed by atoms with Gasteiger partial charge in [0.15, 0.2) is 0 Å². The Bertz CT molecular complexity index is 1890. The number of fused-ring (bicyclic) bond motifs is 2. The summed E-state index contributed by atoms with van der Waals surface area (Å²) >= 11 is 0. The fourth-order valence-electron chi connectivity index (χ4n) is 6.59. The van der Waals surface area contributed by atoms with Crippen molar-refractivity contribution >= 4 is 35.0 Å². The van der Waals surface area contributed by atoms with Gasteiger partial charge in [0.2, 0.25) is 11.8 Å². The molecule has 7 rings (SSSR count). The smallest absolute Gasteiger partial charge is 0.262 e. The Balaban J connectivity index is 1.38. The lowest BCUT2D eigenvalue weighted by Gasteiger charge is -2.35. The molecule has 0 fully saturated rings. The van der Waals surface area contributed by atoms with Gasteiger partial charge in [0.25, 0.3) is 11.8 Å². The molecule has 2 heterocycles. The number of carbonyl (C=O) groups is 4. The van der Waals surface area contributed by atoms with Crippen LogP contribution in [0.1, 0.15) is 43.4 Å². The number of hydrogen-bond donors (Lipinski definition) is 0.